The van der Waals surface area contributed by atoms with Crippen molar-refractivity contribution in [3.05, 3.63) is 54.1 Å². The first-order valence-corrected chi connectivity index (χ1v) is 6.42. The van der Waals surface area contributed by atoms with Gasteiger partial charge in [0.25, 0.3) is 0 Å². The van der Waals surface area contributed by atoms with E-state index >= 15 is 0 Å². The van der Waals surface area contributed by atoms with Gasteiger partial charge in [0.1, 0.15) is 5.82 Å². The summed E-state index contributed by atoms with van der Waals surface area (Å²) in [6.07, 6.45) is 2.65. The van der Waals surface area contributed by atoms with Crippen LogP contribution in [0.2, 0.25) is 0 Å². The van der Waals surface area contributed by atoms with Crippen molar-refractivity contribution in [1.29, 1.82) is 0 Å². The lowest BCUT2D eigenvalue weighted by Gasteiger charge is -2.08. The number of hydrogen-bond acceptors (Lipinski definition) is 3. The number of imidazole rings is 1. The Hall–Kier alpha value is -2.36. The van der Waals surface area contributed by atoms with E-state index in [9.17, 15) is 0 Å². The zero-order chi connectivity index (χ0) is 13.2. The second-order valence-corrected chi connectivity index (χ2v) is 4.54. The molecular formula is C15H16N4. The fourth-order valence-electron chi connectivity index (χ4n) is 2.32. The molecule has 0 saturated heterocycles. The molecule has 4 nitrogen and oxygen atoms in total. The number of hydrogen-bond donors (Lipinski definition) is 1. The Morgan fingerprint density at radius 3 is 2.84 bits per heavy atom. The molecule has 0 unspecified atom stereocenters. The van der Waals surface area contributed by atoms with Crippen molar-refractivity contribution in [2.24, 2.45) is 0 Å². The minimum absolute atomic E-state index is 0.703. The van der Waals surface area contributed by atoms with Crippen molar-refractivity contribution in [3.63, 3.8) is 0 Å². The third-order valence-electron chi connectivity index (χ3n) is 3.21. The molecule has 19 heavy (non-hydrogen) atoms. The minimum atomic E-state index is 0.703. The van der Waals surface area contributed by atoms with Gasteiger partial charge < -0.3 is 10.3 Å². The standard InChI is InChI=1S/C15H16N4/c1-2-15-18-13-5-3-4-6-14(13)19(15)10-12-9-11(16)7-8-17-12/h3-9H,2,10H2,1H3,(H2,16,17). The van der Waals surface area contributed by atoms with Crippen molar-refractivity contribution < 1.29 is 0 Å². The van der Waals surface area contributed by atoms with Crippen LogP contribution in [-0.4, -0.2) is 14.5 Å². The number of nitrogen functional groups attached to an aromatic ring is 1. The van der Waals surface area contributed by atoms with Crippen molar-refractivity contribution in [2.45, 2.75) is 19.9 Å². The van der Waals surface area contributed by atoms with Crippen molar-refractivity contribution in [1.82, 2.24) is 14.5 Å². The van der Waals surface area contributed by atoms with Crippen molar-refractivity contribution in [3.8, 4) is 0 Å². The highest BCUT2D eigenvalue weighted by atomic mass is 15.1. The molecule has 0 aliphatic carbocycles. The summed E-state index contributed by atoms with van der Waals surface area (Å²) in [5, 5.41) is 0. The molecule has 0 bridgehead atoms. The highest BCUT2D eigenvalue weighted by Gasteiger charge is 2.09. The van der Waals surface area contributed by atoms with Crippen molar-refractivity contribution in [2.75, 3.05) is 5.73 Å². The smallest absolute Gasteiger partial charge is 0.109 e. The Kier molecular flexibility index (Phi) is 2.91. The van der Waals surface area contributed by atoms with E-state index in [-0.39, 0.29) is 0 Å². The van der Waals surface area contributed by atoms with Crippen LogP contribution in [0.4, 0.5) is 5.69 Å². The Morgan fingerprint density at radius 2 is 2.05 bits per heavy atom. The van der Waals surface area contributed by atoms with Crippen LogP contribution in [0.5, 0.6) is 0 Å². The molecule has 0 saturated carbocycles. The van der Waals surface area contributed by atoms with Crippen LogP contribution in [0.25, 0.3) is 11.0 Å². The number of aromatic nitrogens is 3. The minimum Gasteiger partial charge on any atom is -0.399 e. The molecule has 0 fully saturated rings. The van der Waals surface area contributed by atoms with Gasteiger partial charge >= 0.3 is 0 Å². The molecule has 0 spiro atoms. The van der Waals surface area contributed by atoms with E-state index in [2.05, 4.69) is 27.5 Å². The van der Waals surface area contributed by atoms with E-state index in [1.165, 1.54) is 0 Å². The molecule has 4 heteroatoms. The number of nitrogens with zero attached hydrogens (tertiary/aromatic N) is 3. The number of anilines is 1. The zero-order valence-corrected chi connectivity index (χ0v) is 10.9. The van der Waals surface area contributed by atoms with E-state index in [1.54, 1.807) is 12.3 Å². The normalized spacial score (nSPS) is 11.0. The van der Waals surface area contributed by atoms with E-state index < -0.39 is 0 Å². The number of fused-ring (bicyclic) bond motifs is 1. The maximum absolute atomic E-state index is 5.81. The first kappa shape index (κ1) is 11.7. The van der Waals surface area contributed by atoms with Gasteiger partial charge in [-0.3, -0.25) is 4.98 Å². The highest BCUT2D eigenvalue weighted by molar-refractivity contribution is 5.76. The second-order valence-electron chi connectivity index (χ2n) is 4.54. The summed E-state index contributed by atoms with van der Waals surface area (Å²) in [6.45, 7) is 2.82. The van der Waals surface area contributed by atoms with E-state index in [1.807, 2.05) is 24.3 Å². The molecule has 96 valence electrons. The van der Waals surface area contributed by atoms with E-state index in [4.69, 9.17) is 5.73 Å². The maximum Gasteiger partial charge on any atom is 0.109 e. The first-order valence-electron chi connectivity index (χ1n) is 6.42. The van der Waals surface area contributed by atoms with Gasteiger partial charge in [0.15, 0.2) is 0 Å². The summed E-state index contributed by atoms with van der Waals surface area (Å²) in [5.41, 5.74) is 9.68. The second kappa shape index (κ2) is 4.72. The largest absolute Gasteiger partial charge is 0.399 e. The zero-order valence-electron chi connectivity index (χ0n) is 10.9. The summed E-state index contributed by atoms with van der Waals surface area (Å²) < 4.78 is 2.21. The Balaban J connectivity index is 2.08. The lowest BCUT2D eigenvalue weighted by atomic mass is 10.3. The Labute approximate surface area is 111 Å². The van der Waals surface area contributed by atoms with Crippen LogP contribution in [0, 0.1) is 0 Å². The van der Waals surface area contributed by atoms with Crippen LogP contribution in [0.15, 0.2) is 42.6 Å². The number of para-hydroxylation sites is 2. The topological polar surface area (TPSA) is 56.7 Å². The summed E-state index contributed by atoms with van der Waals surface area (Å²) in [7, 11) is 0. The van der Waals surface area contributed by atoms with Crippen LogP contribution in [0.1, 0.15) is 18.4 Å². The van der Waals surface area contributed by atoms with Gasteiger partial charge in [-0.25, -0.2) is 4.98 Å². The summed E-state index contributed by atoms with van der Waals surface area (Å²) >= 11 is 0. The third kappa shape index (κ3) is 2.17. The lowest BCUT2D eigenvalue weighted by Crippen LogP contribution is -2.06. The average molecular weight is 252 g/mol. The predicted molar refractivity (Wildman–Crippen MR) is 76.9 cm³/mol. The average Bonchev–Trinajstić information content (AvgIpc) is 2.77. The van der Waals surface area contributed by atoms with Gasteiger partial charge in [0, 0.05) is 18.3 Å². The van der Waals surface area contributed by atoms with Gasteiger partial charge in [0.2, 0.25) is 0 Å². The third-order valence-corrected chi connectivity index (χ3v) is 3.21. The molecule has 0 atom stereocenters. The monoisotopic (exact) mass is 252 g/mol. The quantitative estimate of drug-likeness (QED) is 0.779. The van der Waals surface area contributed by atoms with Gasteiger partial charge in [0.05, 0.1) is 23.3 Å². The lowest BCUT2D eigenvalue weighted by molar-refractivity contribution is 0.737. The molecule has 0 aliphatic heterocycles. The Morgan fingerprint density at radius 1 is 1.21 bits per heavy atom. The number of pyridine rings is 1. The van der Waals surface area contributed by atoms with Gasteiger partial charge in [-0.15, -0.1) is 0 Å². The van der Waals surface area contributed by atoms with Crippen LogP contribution < -0.4 is 5.73 Å². The van der Waals surface area contributed by atoms with Gasteiger partial charge in [-0.05, 0) is 24.3 Å². The predicted octanol–water partition coefficient (Wildman–Crippen LogP) is 2.62. The summed E-state index contributed by atoms with van der Waals surface area (Å²) in [6, 6.07) is 11.9. The van der Waals surface area contributed by atoms with E-state index in [0.717, 1.165) is 34.7 Å². The molecule has 0 amide bonds. The van der Waals surface area contributed by atoms with Crippen LogP contribution in [-0.2, 0) is 13.0 Å². The van der Waals surface area contributed by atoms with Crippen molar-refractivity contribution >= 4 is 16.7 Å². The molecule has 0 aliphatic rings. The van der Waals surface area contributed by atoms with E-state index in [0.29, 0.717) is 6.54 Å². The summed E-state index contributed by atoms with van der Waals surface area (Å²) in [5.74, 6) is 1.07. The Bertz CT molecular complexity index is 715. The van der Waals surface area contributed by atoms with Crippen LogP contribution >= 0.6 is 0 Å². The number of nitrogens with two attached hydrogens (primary N) is 1. The SMILES string of the molecule is CCc1nc2ccccc2n1Cc1cc(N)ccn1. The molecule has 2 heterocycles. The number of aryl methyl sites for hydroxylation is 1. The molecule has 2 aromatic heterocycles. The first-order chi connectivity index (χ1) is 9.28. The fraction of sp³-hybridized carbons (Fsp3) is 0.200. The molecular weight excluding hydrogens is 236 g/mol. The molecule has 0 radical (unpaired) electrons. The number of rotatable bonds is 3. The van der Waals surface area contributed by atoms with Gasteiger partial charge in [-0.2, -0.15) is 0 Å². The molecule has 3 aromatic rings. The number of benzene rings is 1. The molecule has 3 rings (SSSR count). The van der Waals surface area contributed by atoms with Gasteiger partial charge in [-0.1, -0.05) is 19.1 Å². The van der Waals surface area contributed by atoms with Crippen LogP contribution in [0.3, 0.4) is 0 Å². The molecule has 2 N–H and O–H groups in total. The highest BCUT2D eigenvalue weighted by Crippen LogP contribution is 2.18. The maximum atomic E-state index is 5.81. The fourth-order valence-corrected chi connectivity index (χ4v) is 2.32. The summed E-state index contributed by atoms with van der Waals surface area (Å²) in [4.78, 5) is 9.02. The molecule has 1 aromatic carbocycles.